The van der Waals surface area contributed by atoms with E-state index in [1.165, 1.54) is 11.8 Å². The van der Waals surface area contributed by atoms with Gasteiger partial charge in [-0.15, -0.1) is 11.8 Å². The summed E-state index contributed by atoms with van der Waals surface area (Å²) < 4.78 is 0. The number of anilines is 2. The van der Waals surface area contributed by atoms with Gasteiger partial charge in [0.05, 0.1) is 16.6 Å². The molecule has 1 aliphatic rings. The molecule has 0 radical (unpaired) electrons. The Bertz CT molecular complexity index is 703. The summed E-state index contributed by atoms with van der Waals surface area (Å²) in [4.78, 5) is 27.1. The summed E-state index contributed by atoms with van der Waals surface area (Å²) in [6.07, 6.45) is 0. The van der Waals surface area contributed by atoms with Crippen molar-refractivity contribution in [2.75, 3.05) is 16.8 Å². The molecule has 2 amide bonds. The van der Waals surface area contributed by atoms with Crippen molar-refractivity contribution in [3.8, 4) is 0 Å². The van der Waals surface area contributed by atoms with Gasteiger partial charge in [-0.3, -0.25) is 14.5 Å². The predicted octanol–water partition coefficient (Wildman–Crippen LogP) is 3.15. The topological polar surface area (TPSA) is 49.4 Å². The smallest absolute Gasteiger partial charge is 0.244 e. The Morgan fingerprint density at radius 1 is 1.14 bits per heavy atom. The highest BCUT2D eigenvalue weighted by atomic mass is 32.2. The van der Waals surface area contributed by atoms with Crippen LogP contribution in [0.3, 0.4) is 0 Å². The summed E-state index contributed by atoms with van der Waals surface area (Å²) >= 11 is 1.50. The molecule has 0 unspecified atom stereocenters. The molecule has 0 aromatic heterocycles. The zero-order chi connectivity index (χ0) is 15.5. The fourth-order valence-electron chi connectivity index (χ4n) is 2.40. The van der Waals surface area contributed by atoms with Crippen molar-refractivity contribution in [2.24, 2.45) is 0 Å². The second kappa shape index (κ2) is 6.23. The van der Waals surface area contributed by atoms with E-state index in [4.69, 9.17) is 0 Å². The lowest BCUT2D eigenvalue weighted by Crippen LogP contribution is -2.45. The van der Waals surface area contributed by atoms with Crippen molar-refractivity contribution >= 4 is 35.0 Å². The van der Waals surface area contributed by atoms with Crippen LogP contribution in [0.2, 0.25) is 0 Å². The lowest BCUT2D eigenvalue weighted by Gasteiger charge is -2.30. The van der Waals surface area contributed by atoms with Gasteiger partial charge >= 0.3 is 0 Å². The van der Waals surface area contributed by atoms with Crippen LogP contribution in [-0.4, -0.2) is 23.6 Å². The molecular weight excluding hydrogens is 296 g/mol. The quantitative estimate of drug-likeness (QED) is 0.886. The number of para-hydroxylation sites is 2. The molecule has 3 rings (SSSR count). The number of amides is 2. The minimum atomic E-state index is -0.263. The molecule has 1 aliphatic heterocycles. The Kier molecular flexibility index (Phi) is 4.15. The average Bonchev–Trinajstić information content (AvgIpc) is 2.54. The molecule has 22 heavy (non-hydrogen) atoms. The number of nitrogens with one attached hydrogen (secondary N) is 1. The minimum Gasteiger partial charge on any atom is -0.323 e. The van der Waals surface area contributed by atoms with E-state index in [-0.39, 0.29) is 23.6 Å². The van der Waals surface area contributed by atoms with E-state index < -0.39 is 0 Å². The third-order valence-electron chi connectivity index (χ3n) is 3.44. The molecule has 4 nitrogen and oxygen atoms in total. The highest BCUT2D eigenvalue weighted by Gasteiger charge is 2.29. The summed E-state index contributed by atoms with van der Waals surface area (Å²) in [5.74, 6) is -0.222. The number of hydrogen-bond donors (Lipinski definition) is 1. The van der Waals surface area contributed by atoms with Crippen LogP contribution in [0.4, 0.5) is 11.4 Å². The highest BCUT2D eigenvalue weighted by Crippen LogP contribution is 2.32. The molecule has 5 heteroatoms. The summed E-state index contributed by atoms with van der Waals surface area (Å²) in [5.41, 5.74) is 1.44. The Hall–Kier alpha value is -2.27. The SMILES string of the molecule is C[C@H](Sc1ccccc1)C(=O)N1CC(=O)Nc2ccccc21. The van der Waals surface area contributed by atoms with Crippen LogP contribution >= 0.6 is 11.8 Å². The van der Waals surface area contributed by atoms with Crippen LogP contribution in [0.5, 0.6) is 0 Å². The van der Waals surface area contributed by atoms with Crippen LogP contribution in [0.25, 0.3) is 0 Å². The van der Waals surface area contributed by atoms with E-state index in [0.29, 0.717) is 5.69 Å². The monoisotopic (exact) mass is 312 g/mol. The van der Waals surface area contributed by atoms with Crippen LogP contribution in [-0.2, 0) is 9.59 Å². The van der Waals surface area contributed by atoms with Gasteiger partial charge in [-0.2, -0.15) is 0 Å². The number of carbonyl (C=O) groups is 2. The Balaban J connectivity index is 1.81. The van der Waals surface area contributed by atoms with E-state index in [0.717, 1.165) is 10.6 Å². The van der Waals surface area contributed by atoms with Gasteiger partial charge in [0.2, 0.25) is 11.8 Å². The molecule has 1 heterocycles. The van der Waals surface area contributed by atoms with Gasteiger partial charge in [0, 0.05) is 4.90 Å². The second-order valence-corrected chi connectivity index (χ2v) is 6.48. The third kappa shape index (κ3) is 2.99. The normalized spacial score (nSPS) is 15.0. The molecule has 2 aromatic carbocycles. The number of hydrogen-bond acceptors (Lipinski definition) is 3. The first-order valence-corrected chi connectivity index (χ1v) is 7.95. The fraction of sp³-hybridized carbons (Fsp3) is 0.176. The fourth-order valence-corrected chi connectivity index (χ4v) is 3.35. The van der Waals surface area contributed by atoms with Gasteiger partial charge in [-0.05, 0) is 31.2 Å². The highest BCUT2D eigenvalue weighted by molar-refractivity contribution is 8.00. The summed E-state index contributed by atoms with van der Waals surface area (Å²) in [5, 5.41) is 2.53. The molecule has 0 fully saturated rings. The van der Waals surface area contributed by atoms with Gasteiger partial charge < -0.3 is 5.32 Å². The molecule has 0 spiro atoms. The summed E-state index contributed by atoms with van der Waals surface area (Å²) in [7, 11) is 0. The molecule has 1 atom stereocenters. The lowest BCUT2D eigenvalue weighted by molar-refractivity contribution is -0.121. The van der Waals surface area contributed by atoms with E-state index in [1.807, 2.05) is 61.5 Å². The average molecular weight is 312 g/mol. The number of carbonyl (C=O) groups excluding carboxylic acids is 2. The van der Waals surface area contributed by atoms with Crippen molar-refractivity contribution in [1.82, 2.24) is 0 Å². The molecule has 1 N–H and O–H groups in total. The molecular formula is C17H16N2O2S. The van der Waals surface area contributed by atoms with Gasteiger partial charge in [0.15, 0.2) is 0 Å². The first-order chi connectivity index (χ1) is 10.6. The zero-order valence-corrected chi connectivity index (χ0v) is 13.0. The molecule has 0 bridgehead atoms. The number of rotatable bonds is 3. The summed E-state index contributed by atoms with van der Waals surface area (Å²) in [6.45, 7) is 1.94. The zero-order valence-electron chi connectivity index (χ0n) is 12.2. The maximum Gasteiger partial charge on any atom is 0.244 e. The molecule has 0 saturated carbocycles. The molecule has 2 aromatic rings. The molecule has 0 aliphatic carbocycles. The lowest BCUT2D eigenvalue weighted by atomic mass is 10.2. The van der Waals surface area contributed by atoms with Crippen LogP contribution < -0.4 is 10.2 Å². The Labute approximate surface area is 133 Å². The van der Waals surface area contributed by atoms with Crippen molar-refractivity contribution in [1.29, 1.82) is 0 Å². The van der Waals surface area contributed by atoms with E-state index in [1.54, 1.807) is 4.90 Å². The van der Waals surface area contributed by atoms with E-state index >= 15 is 0 Å². The number of fused-ring (bicyclic) bond motifs is 1. The first-order valence-electron chi connectivity index (χ1n) is 7.07. The van der Waals surface area contributed by atoms with E-state index in [9.17, 15) is 9.59 Å². The Morgan fingerprint density at radius 2 is 1.82 bits per heavy atom. The molecule has 0 saturated heterocycles. The van der Waals surface area contributed by atoms with Gasteiger partial charge in [-0.1, -0.05) is 30.3 Å². The second-order valence-electron chi connectivity index (χ2n) is 5.06. The van der Waals surface area contributed by atoms with Crippen molar-refractivity contribution < 1.29 is 9.59 Å². The standard InChI is InChI=1S/C17H16N2O2S/c1-12(22-13-7-3-2-4-8-13)17(21)19-11-16(20)18-14-9-5-6-10-15(14)19/h2-10,12H,11H2,1H3,(H,18,20)/t12-/m0/s1. The minimum absolute atomic E-state index is 0.0591. The maximum atomic E-state index is 12.7. The molecule has 112 valence electrons. The van der Waals surface area contributed by atoms with Crippen molar-refractivity contribution in [2.45, 2.75) is 17.1 Å². The number of nitrogens with zero attached hydrogens (tertiary/aromatic N) is 1. The summed E-state index contributed by atoms with van der Waals surface area (Å²) in [6, 6.07) is 17.2. The van der Waals surface area contributed by atoms with E-state index in [2.05, 4.69) is 5.32 Å². The van der Waals surface area contributed by atoms with Crippen LogP contribution in [0.15, 0.2) is 59.5 Å². The van der Waals surface area contributed by atoms with Gasteiger partial charge in [0.25, 0.3) is 0 Å². The van der Waals surface area contributed by atoms with Crippen molar-refractivity contribution in [3.63, 3.8) is 0 Å². The van der Waals surface area contributed by atoms with Crippen molar-refractivity contribution in [3.05, 3.63) is 54.6 Å². The van der Waals surface area contributed by atoms with Gasteiger partial charge in [-0.25, -0.2) is 0 Å². The van der Waals surface area contributed by atoms with Crippen LogP contribution in [0.1, 0.15) is 6.92 Å². The van der Waals surface area contributed by atoms with Crippen LogP contribution in [0, 0.1) is 0 Å². The predicted molar refractivity (Wildman–Crippen MR) is 89.2 cm³/mol. The largest absolute Gasteiger partial charge is 0.323 e. The number of benzene rings is 2. The number of thioether (sulfide) groups is 1. The first kappa shape index (κ1) is 14.7. The maximum absolute atomic E-state index is 12.7. The van der Waals surface area contributed by atoms with Gasteiger partial charge in [0.1, 0.15) is 6.54 Å². The third-order valence-corrected chi connectivity index (χ3v) is 4.54. The Morgan fingerprint density at radius 3 is 2.59 bits per heavy atom.